The van der Waals surface area contributed by atoms with Crippen LogP contribution in [0.25, 0.3) is 10.9 Å². The number of hydrogen-bond donors (Lipinski definition) is 1. The number of fused-ring (bicyclic) bond motifs is 1. The van der Waals surface area contributed by atoms with Crippen molar-refractivity contribution in [2.75, 3.05) is 0 Å². The van der Waals surface area contributed by atoms with Gasteiger partial charge in [-0.15, -0.1) is 0 Å². The fourth-order valence-electron chi connectivity index (χ4n) is 2.08. The van der Waals surface area contributed by atoms with Gasteiger partial charge in [0.1, 0.15) is 5.76 Å². The van der Waals surface area contributed by atoms with Crippen molar-refractivity contribution in [2.45, 2.75) is 12.5 Å². The van der Waals surface area contributed by atoms with Gasteiger partial charge >= 0.3 is 0 Å². The molecule has 19 heavy (non-hydrogen) atoms. The van der Waals surface area contributed by atoms with Crippen LogP contribution < -0.4 is 5.73 Å². The molecule has 2 N–H and O–H groups in total. The third-order valence-corrected chi connectivity index (χ3v) is 3.47. The molecule has 2 aromatic heterocycles. The van der Waals surface area contributed by atoms with E-state index >= 15 is 0 Å². The van der Waals surface area contributed by atoms with Crippen LogP contribution in [0.5, 0.6) is 0 Å². The zero-order valence-electron chi connectivity index (χ0n) is 10.2. The monoisotopic (exact) mass is 316 g/mol. The van der Waals surface area contributed by atoms with Gasteiger partial charge in [0.2, 0.25) is 0 Å². The largest absolute Gasteiger partial charge is 0.453 e. The molecule has 2 heterocycles. The summed E-state index contributed by atoms with van der Waals surface area (Å²) in [6.07, 6.45) is 0.658. The van der Waals surface area contributed by atoms with Gasteiger partial charge in [-0.1, -0.05) is 24.3 Å². The molecule has 1 atom stereocenters. The molecular formula is C15H13BrN2O. The summed E-state index contributed by atoms with van der Waals surface area (Å²) in [5.74, 6) is 0.766. The van der Waals surface area contributed by atoms with Crippen LogP contribution in [0, 0.1) is 0 Å². The smallest absolute Gasteiger partial charge is 0.169 e. The lowest BCUT2D eigenvalue weighted by atomic mass is 10.1. The van der Waals surface area contributed by atoms with Crippen LogP contribution in [0.2, 0.25) is 0 Å². The number of aromatic nitrogens is 1. The van der Waals surface area contributed by atoms with E-state index in [0.717, 1.165) is 22.4 Å². The lowest BCUT2D eigenvalue weighted by Crippen LogP contribution is -2.13. The summed E-state index contributed by atoms with van der Waals surface area (Å²) in [7, 11) is 0. The average molecular weight is 317 g/mol. The Labute approximate surface area is 119 Å². The topological polar surface area (TPSA) is 52.0 Å². The number of hydrogen-bond acceptors (Lipinski definition) is 3. The van der Waals surface area contributed by atoms with Gasteiger partial charge in [-0.05, 0) is 40.2 Å². The predicted octanol–water partition coefficient (Wildman–Crippen LogP) is 3.83. The van der Waals surface area contributed by atoms with E-state index in [2.05, 4.69) is 33.0 Å². The summed E-state index contributed by atoms with van der Waals surface area (Å²) >= 11 is 3.28. The standard InChI is InChI=1S/C15H13BrN2O/c16-15-8-7-14(19-15)12(17)9-11-6-5-10-3-1-2-4-13(10)18-11/h1-8,12H,9,17H2. The highest BCUT2D eigenvalue weighted by atomic mass is 79.9. The van der Waals surface area contributed by atoms with Gasteiger partial charge in [0.15, 0.2) is 4.67 Å². The second-order valence-corrected chi connectivity index (χ2v) is 5.23. The van der Waals surface area contributed by atoms with E-state index < -0.39 is 0 Å². The molecule has 3 rings (SSSR count). The molecule has 0 aliphatic carbocycles. The number of furan rings is 1. The molecule has 1 aromatic carbocycles. The van der Waals surface area contributed by atoms with Crippen LogP contribution in [-0.2, 0) is 6.42 Å². The van der Waals surface area contributed by atoms with Gasteiger partial charge in [-0.25, -0.2) is 0 Å². The van der Waals surface area contributed by atoms with Crippen LogP contribution in [-0.4, -0.2) is 4.98 Å². The predicted molar refractivity (Wildman–Crippen MR) is 78.8 cm³/mol. The number of pyridine rings is 1. The van der Waals surface area contributed by atoms with Crippen LogP contribution >= 0.6 is 15.9 Å². The third-order valence-electron chi connectivity index (χ3n) is 3.04. The highest BCUT2D eigenvalue weighted by molar-refractivity contribution is 9.10. The Kier molecular flexibility index (Phi) is 3.36. The maximum absolute atomic E-state index is 6.13. The molecule has 0 amide bonds. The van der Waals surface area contributed by atoms with Gasteiger partial charge in [0, 0.05) is 17.5 Å². The fourth-order valence-corrected chi connectivity index (χ4v) is 2.39. The number of halogens is 1. The summed E-state index contributed by atoms with van der Waals surface area (Å²) in [4.78, 5) is 4.61. The summed E-state index contributed by atoms with van der Waals surface area (Å²) < 4.78 is 6.17. The number of nitrogens with two attached hydrogens (primary N) is 1. The van der Waals surface area contributed by atoms with Crippen LogP contribution in [0.1, 0.15) is 17.5 Å². The number of benzene rings is 1. The van der Waals surface area contributed by atoms with Gasteiger partial charge in [-0.3, -0.25) is 4.98 Å². The highest BCUT2D eigenvalue weighted by Gasteiger charge is 2.12. The Hall–Kier alpha value is -1.65. The van der Waals surface area contributed by atoms with Gasteiger partial charge < -0.3 is 10.2 Å². The fraction of sp³-hybridized carbons (Fsp3) is 0.133. The lowest BCUT2D eigenvalue weighted by molar-refractivity contribution is 0.446. The summed E-state index contributed by atoms with van der Waals surface area (Å²) in [5.41, 5.74) is 8.09. The second kappa shape index (κ2) is 5.15. The zero-order valence-corrected chi connectivity index (χ0v) is 11.8. The number of nitrogens with zero attached hydrogens (tertiary/aromatic N) is 1. The molecule has 3 aromatic rings. The van der Waals surface area contributed by atoms with Crippen molar-refractivity contribution in [3.05, 3.63) is 64.7 Å². The van der Waals surface area contributed by atoms with Crippen LogP contribution in [0.4, 0.5) is 0 Å². The molecule has 4 heteroatoms. The molecule has 0 radical (unpaired) electrons. The Balaban J connectivity index is 1.84. The highest BCUT2D eigenvalue weighted by Crippen LogP contribution is 2.22. The molecule has 0 spiro atoms. The van der Waals surface area contributed by atoms with E-state index in [1.807, 2.05) is 36.4 Å². The number of rotatable bonds is 3. The van der Waals surface area contributed by atoms with Crippen molar-refractivity contribution in [2.24, 2.45) is 5.73 Å². The molecule has 0 fully saturated rings. The molecule has 1 unspecified atom stereocenters. The SMILES string of the molecule is NC(Cc1ccc2ccccc2n1)c1ccc(Br)o1. The summed E-state index contributed by atoms with van der Waals surface area (Å²) in [5, 5.41) is 1.14. The molecule has 96 valence electrons. The van der Waals surface area contributed by atoms with E-state index in [0.29, 0.717) is 11.1 Å². The molecule has 3 nitrogen and oxygen atoms in total. The average Bonchev–Trinajstić information content (AvgIpc) is 2.85. The van der Waals surface area contributed by atoms with Crippen molar-refractivity contribution in [1.82, 2.24) is 4.98 Å². The Morgan fingerprint density at radius 1 is 1.11 bits per heavy atom. The number of para-hydroxylation sites is 1. The van der Waals surface area contributed by atoms with E-state index in [4.69, 9.17) is 10.2 Å². The van der Waals surface area contributed by atoms with Crippen molar-refractivity contribution in [3.63, 3.8) is 0 Å². The van der Waals surface area contributed by atoms with Gasteiger partial charge in [0.05, 0.1) is 11.6 Å². The van der Waals surface area contributed by atoms with Crippen molar-refractivity contribution < 1.29 is 4.42 Å². The van der Waals surface area contributed by atoms with Crippen LogP contribution in [0.3, 0.4) is 0 Å². The van der Waals surface area contributed by atoms with Gasteiger partial charge in [0.25, 0.3) is 0 Å². The van der Waals surface area contributed by atoms with Crippen molar-refractivity contribution in [3.8, 4) is 0 Å². The maximum Gasteiger partial charge on any atom is 0.169 e. The normalized spacial score (nSPS) is 12.7. The zero-order chi connectivity index (χ0) is 13.2. The molecular weight excluding hydrogens is 304 g/mol. The molecule has 0 aliphatic rings. The first-order chi connectivity index (χ1) is 9.22. The van der Waals surface area contributed by atoms with Crippen molar-refractivity contribution in [1.29, 1.82) is 0 Å². The van der Waals surface area contributed by atoms with E-state index in [1.54, 1.807) is 0 Å². The molecule has 0 aliphatic heterocycles. The minimum Gasteiger partial charge on any atom is -0.453 e. The Morgan fingerprint density at radius 3 is 2.74 bits per heavy atom. The second-order valence-electron chi connectivity index (χ2n) is 4.45. The molecule has 0 saturated heterocycles. The quantitative estimate of drug-likeness (QED) is 0.798. The Morgan fingerprint density at radius 2 is 1.95 bits per heavy atom. The van der Waals surface area contributed by atoms with E-state index in [9.17, 15) is 0 Å². The van der Waals surface area contributed by atoms with E-state index in [-0.39, 0.29) is 6.04 Å². The van der Waals surface area contributed by atoms with Gasteiger partial charge in [-0.2, -0.15) is 0 Å². The first kappa shape index (κ1) is 12.4. The Bertz CT molecular complexity index is 708. The maximum atomic E-state index is 6.13. The van der Waals surface area contributed by atoms with Crippen LogP contribution in [0.15, 0.2) is 57.6 Å². The van der Waals surface area contributed by atoms with Crippen molar-refractivity contribution >= 4 is 26.8 Å². The first-order valence-corrected chi connectivity index (χ1v) is 6.87. The minimum absolute atomic E-state index is 0.181. The lowest BCUT2D eigenvalue weighted by Gasteiger charge is -2.08. The first-order valence-electron chi connectivity index (χ1n) is 6.08. The minimum atomic E-state index is -0.181. The summed E-state index contributed by atoms with van der Waals surface area (Å²) in [6, 6.07) is 15.7. The third kappa shape index (κ3) is 2.69. The molecule has 0 bridgehead atoms. The van der Waals surface area contributed by atoms with E-state index in [1.165, 1.54) is 0 Å². The summed E-state index contributed by atoms with van der Waals surface area (Å²) in [6.45, 7) is 0. The molecule has 0 saturated carbocycles.